The summed E-state index contributed by atoms with van der Waals surface area (Å²) in [6.07, 6.45) is 2.49. The van der Waals surface area contributed by atoms with Crippen molar-refractivity contribution in [3.63, 3.8) is 0 Å². The molecule has 1 heterocycles. The first-order valence-electron chi connectivity index (χ1n) is 7.88. The van der Waals surface area contributed by atoms with E-state index in [0.29, 0.717) is 17.8 Å². The lowest BCUT2D eigenvalue weighted by Gasteiger charge is -2.68. The molecule has 3 saturated carbocycles. The van der Waals surface area contributed by atoms with E-state index >= 15 is 0 Å². The van der Waals surface area contributed by atoms with E-state index in [4.69, 9.17) is 10.5 Å². The second-order valence-corrected chi connectivity index (χ2v) is 7.19. The molecule has 1 aromatic heterocycles. The first-order valence-corrected chi connectivity index (χ1v) is 7.88. The number of primary amides is 1. The number of ether oxygens (including phenoxy) is 1. The third-order valence-electron chi connectivity index (χ3n) is 5.54. The van der Waals surface area contributed by atoms with Gasteiger partial charge in [0.1, 0.15) is 23.7 Å². The summed E-state index contributed by atoms with van der Waals surface area (Å²) < 4.78 is 7.22. The predicted molar refractivity (Wildman–Crippen MR) is 86.5 cm³/mol. The molecule has 6 nitrogen and oxygen atoms in total. The monoisotopic (exact) mass is 323 g/mol. The maximum absolute atomic E-state index is 11.1. The Morgan fingerprint density at radius 2 is 2.17 bits per heavy atom. The molecule has 3 aliphatic carbocycles. The molecule has 24 heavy (non-hydrogen) atoms. The first-order chi connectivity index (χ1) is 11.4. The highest BCUT2D eigenvalue weighted by Gasteiger charge is 2.70. The predicted octanol–water partition coefficient (Wildman–Crippen LogP) is 2.65. The van der Waals surface area contributed by atoms with Crippen molar-refractivity contribution >= 4 is 23.3 Å². The summed E-state index contributed by atoms with van der Waals surface area (Å²) in [5, 5.41) is 10.4. The fourth-order valence-corrected chi connectivity index (χ4v) is 4.60. The molecule has 0 aliphatic heterocycles. The number of nitriles is 1. The van der Waals surface area contributed by atoms with Gasteiger partial charge in [0.25, 0.3) is 0 Å². The molecule has 5 rings (SSSR count). The molecule has 1 amide bonds. The van der Waals surface area contributed by atoms with Crippen molar-refractivity contribution in [2.75, 3.05) is 0 Å². The van der Waals surface area contributed by atoms with Gasteiger partial charge < -0.3 is 15.0 Å². The van der Waals surface area contributed by atoms with Crippen LogP contribution in [0.4, 0.5) is 4.79 Å². The third kappa shape index (κ3) is 1.88. The normalized spacial score (nSPS) is 27.0. The zero-order valence-electron chi connectivity index (χ0n) is 13.3. The number of carbonyl (C=O) groups is 2. The van der Waals surface area contributed by atoms with Crippen LogP contribution in [0.2, 0.25) is 0 Å². The van der Waals surface area contributed by atoms with Gasteiger partial charge in [0, 0.05) is 23.0 Å². The molecule has 6 heteroatoms. The molecule has 3 aliphatic rings. The Labute approximate surface area is 138 Å². The van der Waals surface area contributed by atoms with Gasteiger partial charge in [-0.15, -0.1) is 0 Å². The molecule has 0 atom stereocenters. The van der Waals surface area contributed by atoms with Gasteiger partial charge in [-0.25, -0.2) is 4.79 Å². The summed E-state index contributed by atoms with van der Waals surface area (Å²) in [5.41, 5.74) is 7.90. The Balaban J connectivity index is 1.67. The molecule has 0 spiro atoms. The van der Waals surface area contributed by atoms with Crippen molar-refractivity contribution in [2.24, 2.45) is 11.1 Å². The van der Waals surface area contributed by atoms with E-state index in [1.54, 1.807) is 6.07 Å². The number of benzene rings is 1. The van der Waals surface area contributed by atoms with E-state index in [0.717, 1.165) is 42.0 Å². The second kappa shape index (κ2) is 4.60. The molecule has 2 N–H and O–H groups in total. The molecular weight excluding hydrogens is 306 g/mol. The first kappa shape index (κ1) is 14.8. The van der Waals surface area contributed by atoms with Crippen molar-refractivity contribution in [3.8, 4) is 6.07 Å². The minimum absolute atomic E-state index is 0.0736. The number of hydrogen-bond acceptors (Lipinski definition) is 4. The molecule has 2 aromatic rings. The van der Waals surface area contributed by atoms with Gasteiger partial charge in [-0.05, 0) is 55.4 Å². The number of aldehydes is 1. The maximum atomic E-state index is 11.1. The Morgan fingerprint density at radius 1 is 1.46 bits per heavy atom. The lowest BCUT2D eigenvalue weighted by atomic mass is 9.41. The van der Waals surface area contributed by atoms with Crippen LogP contribution in [0.3, 0.4) is 0 Å². The molecule has 122 valence electrons. The van der Waals surface area contributed by atoms with Crippen molar-refractivity contribution in [2.45, 2.75) is 38.3 Å². The van der Waals surface area contributed by atoms with Crippen molar-refractivity contribution in [1.29, 1.82) is 5.26 Å². The van der Waals surface area contributed by atoms with Gasteiger partial charge in [-0.2, -0.15) is 5.26 Å². The minimum Gasteiger partial charge on any atom is -0.443 e. The van der Waals surface area contributed by atoms with Crippen LogP contribution < -0.4 is 5.73 Å². The second-order valence-electron chi connectivity index (χ2n) is 7.19. The van der Waals surface area contributed by atoms with Crippen LogP contribution >= 0.6 is 0 Å². The zero-order valence-corrected chi connectivity index (χ0v) is 13.3. The molecular formula is C18H17N3O3. The van der Waals surface area contributed by atoms with E-state index in [1.165, 1.54) is 0 Å². The third-order valence-corrected chi connectivity index (χ3v) is 5.54. The van der Waals surface area contributed by atoms with Crippen molar-refractivity contribution in [1.82, 2.24) is 4.57 Å². The van der Waals surface area contributed by atoms with Gasteiger partial charge in [0.05, 0.1) is 0 Å². The summed E-state index contributed by atoms with van der Waals surface area (Å²) in [6.45, 7) is 2.61. The number of rotatable bonds is 4. The minimum atomic E-state index is -0.718. The average Bonchev–Trinajstić information content (AvgIpc) is 2.82. The number of aromatic nitrogens is 1. The smallest absolute Gasteiger partial charge is 0.405 e. The highest BCUT2D eigenvalue weighted by Crippen LogP contribution is 2.70. The average molecular weight is 323 g/mol. The van der Waals surface area contributed by atoms with Crippen molar-refractivity contribution < 1.29 is 14.3 Å². The summed E-state index contributed by atoms with van der Waals surface area (Å²) >= 11 is 0. The Bertz CT molecular complexity index is 915. The van der Waals surface area contributed by atoms with Crippen LogP contribution in [-0.2, 0) is 11.3 Å². The molecule has 3 fully saturated rings. The lowest BCUT2D eigenvalue weighted by molar-refractivity contribution is -0.261. The highest BCUT2D eigenvalue weighted by atomic mass is 16.6. The van der Waals surface area contributed by atoms with Gasteiger partial charge in [-0.1, -0.05) is 0 Å². The number of aryl methyl sites for hydroxylation is 1. The number of carbonyl (C=O) groups excluding carboxylic acids is 2. The Hall–Kier alpha value is -2.81. The Kier molecular flexibility index (Phi) is 2.83. The standard InChI is InChI=1S/C18H17N3O3/c1-11-12(6-22)2-3-15-14(11)4-13(5-19)21(15)10-17-7-18(8-17,9-17)24-16(20)23/h2-4,6H,7-10H2,1H3,(H2,20,23). The van der Waals surface area contributed by atoms with Gasteiger partial charge in [0.15, 0.2) is 0 Å². The maximum Gasteiger partial charge on any atom is 0.405 e. The lowest BCUT2D eigenvalue weighted by Crippen LogP contribution is -2.70. The van der Waals surface area contributed by atoms with Crippen LogP contribution in [0.15, 0.2) is 18.2 Å². The molecule has 0 saturated heterocycles. The molecule has 0 radical (unpaired) electrons. The Morgan fingerprint density at radius 3 is 2.75 bits per heavy atom. The molecule has 1 aromatic carbocycles. The molecule has 0 unspecified atom stereocenters. The van der Waals surface area contributed by atoms with Gasteiger partial charge >= 0.3 is 6.09 Å². The van der Waals surface area contributed by atoms with Crippen LogP contribution in [0.1, 0.15) is 40.9 Å². The topological polar surface area (TPSA) is 98.1 Å². The summed E-state index contributed by atoms with van der Waals surface area (Å²) in [6, 6.07) is 7.79. The zero-order chi connectivity index (χ0) is 17.1. The fraction of sp³-hybridized carbons (Fsp3) is 0.389. The van der Waals surface area contributed by atoms with Gasteiger partial charge in [0.2, 0.25) is 0 Å². The van der Waals surface area contributed by atoms with E-state index < -0.39 is 6.09 Å². The number of amides is 1. The number of nitrogens with two attached hydrogens (primary N) is 1. The number of hydrogen-bond donors (Lipinski definition) is 1. The highest BCUT2D eigenvalue weighted by molar-refractivity contribution is 5.92. The summed E-state index contributed by atoms with van der Waals surface area (Å²) in [5.74, 6) is 0. The SMILES string of the molecule is Cc1c(C=O)ccc2c1cc(C#N)n2CC12CC(OC(N)=O)(C1)C2. The van der Waals surface area contributed by atoms with E-state index in [-0.39, 0.29) is 11.0 Å². The van der Waals surface area contributed by atoms with Crippen LogP contribution in [-0.4, -0.2) is 22.5 Å². The number of fused-ring (bicyclic) bond motifs is 1. The van der Waals surface area contributed by atoms with Gasteiger partial charge in [-0.3, -0.25) is 4.79 Å². The quantitative estimate of drug-likeness (QED) is 0.874. The fourth-order valence-electron chi connectivity index (χ4n) is 4.60. The summed E-state index contributed by atoms with van der Waals surface area (Å²) in [7, 11) is 0. The summed E-state index contributed by atoms with van der Waals surface area (Å²) in [4.78, 5) is 22.1. The van der Waals surface area contributed by atoms with E-state index in [1.807, 2.05) is 23.6 Å². The van der Waals surface area contributed by atoms with Crippen molar-refractivity contribution in [3.05, 3.63) is 35.0 Å². The molecule has 2 bridgehead atoms. The largest absolute Gasteiger partial charge is 0.443 e. The van der Waals surface area contributed by atoms with Crippen LogP contribution in [0.5, 0.6) is 0 Å². The van der Waals surface area contributed by atoms with E-state index in [9.17, 15) is 14.9 Å². The van der Waals surface area contributed by atoms with Crippen LogP contribution in [0, 0.1) is 23.7 Å². The van der Waals surface area contributed by atoms with E-state index in [2.05, 4.69) is 6.07 Å². The van der Waals surface area contributed by atoms with Crippen LogP contribution in [0.25, 0.3) is 10.9 Å². The number of nitrogens with zero attached hydrogens (tertiary/aromatic N) is 2.